The van der Waals surface area contributed by atoms with Crippen molar-refractivity contribution < 1.29 is 49.2 Å². The second-order valence-electron chi connectivity index (χ2n) is 2.17. The Morgan fingerprint density at radius 2 is 0.941 bits per heavy atom. The Bertz CT molecular complexity index is 207. The van der Waals surface area contributed by atoms with Crippen molar-refractivity contribution in [3.8, 4) is 0 Å². The number of hydrogen-bond acceptors (Lipinski definition) is 8. The third kappa shape index (κ3) is 22.0. The van der Waals surface area contributed by atoms with Gasteiger partial charge in [-0.15, -0.1) is 0 Å². The van der Waals surface area contributed by atoms with Crippen LogP contribution in [0.1, 0.15) is 0 Å². The van der Waals surface area contributed by atoms with Gasteiger partial charge in [-0.2, -0.15) is 0 Å². The SMILES string of the molecule is O=C(O)C(O)C(O)C(=O)O.O[Si](O)(O)O.[AlH3].[MgH2]. The maximum Gasteiger partial charge on any atom is 0.668 e. The highest BCUT2D eigenvalue weighted by Crippen LogP contribution is 1.92. The van der Waals surface area contributed by atoms with Crippen LogP contribution in [0.25, 0.3) is 0 Å². The Hall–Kier alpha value is 0.216. The van der Waals surface area contributed by atoms with Gasteiger partial charge in [-0.1, -0.05) is 0 Å². The number of aliphatic hydroxyl groups is 2. The van der Waals surface area contributed by atoms with E-state index in [1.165, 1.54) is 0 Å². The predicted molar refractivity (Wildman–Crippen MR) is 60.4 cm³/mol. The number of carboxylic acid groups (broad SMARTS) is 2. The summed E-state index contributed by atoms with van der Waals surface area (Å²) in [7, 11) is -4.61. The smallest absolute Gasteiger partial charge is 0.479 e. The predicted octanol–water partition coefficient (Wildman–Crippen LogP) is -6.83. The van der Waals surface area contributed by atoms with E-state index in [1.54, 1.807) is 0 Å². The fourth-order valence-corrected chi connectivity index (χ4v) is 0.270. The summed E-state index contributed by atoms with van der Waals surface area (Å²) in [5, 5.41) is 32.5. The molecule has 0 saturated heterocycles. The highest BCUT2D eigenvalue weighted by molar-refractivity contribution is 6.46. The van der Waals surface area contributed by atoms with Crippen molar-refractivity contribution in [3.05, 3.63) is 0 Å². The Labute approximate surface area is 123 Å². The van der Waals surface area contributed by atoms with Gasteiger partial charge < -0.3 is 39.6 Å². The first-order chi connectivity index (χ1) is 6.46. The molecule has 0 heterocycles. The van der Waals surface area contributed by atoms with Gasteiger partial charge >= 0.3 is 44.0 Å². The van der Waals surface area contributed by atoms with Gasteiger partial charge in [0, 0.05) is 0 Å². The zero-order valence-electron chi connectivity index (χ0n) is 7.05. The molecule has 8 N–H and O–H groups in total. The molecule has 0 spiro atoms. The molecule has 0 radical (unpaired) electrons. The molecule has 2 unspecified atom stereocenters. The van der Waals surface area contributed by atoms with Crippen LogP contribution in [0.3, 0.4) is 0 Å². The molecular formula is C4H15AlMgO10Si. The number of carbonyl (C=O) groups is 2. The largest absolute Gasteiger partial charge is 0.668 e. The fourth-order valence-electron chi connectivity index (χ4n) is 0.270. The molecule has 0 amide bonds. The van der Waals surface area contributed by atoms with Crippen LogP contribution >= 0.6 is 0 Å². The summed E-state index contributed by atoms with van der Waals surface area (Å²) < 4.78 is 0. The third-order valence-corrected chi connectivity index (χ3v) is 0.805. The monoisotopic (exact) mass is 302 g/mol. The van der Waals surface area contributed by atoms with Gasteiger partial charge in [0.05, 0.1) is 0 Å². The summed E-state index contributed by atoms with van der Waals surface area (Å²) in [4.78, 5) is 48.8. The van der Waals surface area contributed by atoms with Crippen molar-refractivity contribution >= 4 is 61.4 Å². The highest BCUT2D eigenvalue weighted by Gasteiger charge is 2.29. The van der Waals surface area contributed by atoms with Crippen LogP contribution < -0.4 is 0 Å². The van der Waals surface area contributed by atoms with E-state index < -0.39 is 33.2 Å². The van der Waals surface area contributed by atoms with Crippen LogP contribution in [-0.4, -0.2) is 113 Å². The Morgan fingerprint density at radius 3 is 1.00 bits per heavy atom. The van der Waals surface area contributed by atoms with E-state index in [-0.39, 0.29) is 40.4 Å². The van der Waals surface area contributed by atoms with E-state index in [0.717, 1.165) is 0 Å². The molecule has 0 saturated carbocycles. The summed E-state index contributed by atoms with van der Waals surface area (Å²) in [5.74, 6) is -3.54. The van der Waals surface area contributed by atoms with Gasteiger partial charge in [-0.3, -0.25) is 0 Å². The Morgan fingerprint density at radius 1 is 0.824 bits per heavy atom. The van der Waals surface area contributed by atoms with Crippen LogP contribution in [0, 0.1) is 0 Å². The number of rotatable bonds is 3. The third-order valence-electron chi connectivity index (χ3n) is 0.805. The normalized spacial score (nSPS) is 12.8. The van der Waals surface area contributed by atoms with Crippen molar-refractivity contribution in [1.29, 1.82) is 0 Å². The quantitative estimate of drug-likeness (QED) is 0.232. The maximum atomic E-state index is 9.77. The molecule has 0 aliphatic heterocycles. The van der Waals surface area contributed by atoms with Crippen molar-refractivity contribution in [2.24, 2.45) is 0 Å². The van der Waals surface area contributed by atoms with Gasteiger partial charge in [0.1, 0.15) is 0 Å². The van der Waals surface area contributed by atoms with Crippen LogP contribution in [0.4, 0.5) is 0 Å². The van der Waals surface area contributed by atoms with Gasteiger partial charge in [-0.05, 0) is 0 Å². The molecule has 0 rings (SSSR count). The molecular weight excluding hydrogens is 287 g/mol. The summed E-state index contributed by atoms with van der Waals surface area (Å²) in [6, 6.07) is 0. The minimum atomic E-state index is -4.61. The summed E-state index contributed by atoms with van der Waals surface area (Å²) in [6.45, 7) is 0. The second-order valence-corrected chi connectivity index (χ2v) is 3.37. The summed E-state index contributed by atoms with van der Waals surface area (Å²) >= 11 is 0. The van der Waals surface area contributed by atoms with E-state index in [0.29, 0.717) is 0 Å². The molecule has 13 heteroatoms. The Balaban J connectivity index is -0.000000105. The topological polar surface area (TPSA) is 196 Å². The maximum absolute atomic E-state index is 9.77. The molecule has 0 aromatic heterocycles. The van der Waals surface area contributed by atoms with Gasteiger partial charge in [0.25, 0.3) is 0 Å². The van der Waals surface area contributed by atoms with Crippen molar-refractivity contribution in [2.45, 2.75) is 12.2 Å². The lowest BCUT2D eigenvalue weighted by Gasteiger charge is -2.07. The first kappa shape index (κ1) is 25.9. The lowest BCUT2D eigenvalue weighted by molar-refractivity contribution is -0.165. The van der Waals surface area contributed by atoms with Crippen LogP contribution in [-0.2, 0) is 9.59 Å². The molecule has 0 aliphatic carbocycles. The lowest BCUT2D eigenvalue weighted by atomic mass is 10.2. The molecule has 0 bridgehead atoms. The van der Waals surface area contributed by atoms with Crippen molar-refractivity contribution in [2.75, 3.05) is 0 Å². The van der Waals surface area contributed by atoms with Crippen molar-refractivity contribution in [3.63, 3.8) is 0 Å². The molecule has 100 valence electrons. The summed E-state index contributed by atoms with van der Waals surface area (Å²) in [6.07, 6.45) is -4.53. The van der Waals surface area contributed by atoms with Gasteiger partial charge in [0.15, 0.2) is 29.6 Å². The lowest BCUT2D eigenvalue weighted by Crippen LogP contribution is -2.39. The number of aliphatic carboxylic acids is 2. The van der Waals surface area contributed by atoms with Crippen LogP contribution in [0.15, 0.2) is 0 Å². The number of carboxylic acids is 2. The Kier molecular flexibility index (Phi) is 17.2. The number of aliphatic hydroxyl groups excluding tert-OH is 2. The zero-order valence-corrected chi connectivity index (χ0v) is 8.05. The number of hydrogen-bond donors (Lipinski definition) is 8. The molecule has 17 heavy (non-hydrogen) atoms. The van der Waals surface area contributed by atoms with E-state index in [9.17, 15) is 9.59 Å². The molecule has 0 aromatic carbocycles. The van der Waals surface area contributed by atoms with E-state index in [4.69, 9.17) is 39.6 Å². The second kappa shape index (κ2) is 11.3. The minimum Gasteiger partial charge on any atom is -0.479 e. The first-order valence-corrected chi connectivity index (χ1v) is 4.97. The van der Waals surface area contributed by atoms with E-state index in [2.05, 4.69) is 0 Å². The minimum absolute atomic E-state index is 0. The fraction of sp³-hybridized carbons (Fsp3) is 0.500. The van der Waals surface area contributed by atoms with Gasteiger partial charge in [0.2, 0.25) is 0 Å². The zero-order chi connectivity index (χ0) is 12.8. The first-order valence-electron chi connectivity index (χ1n) is 3.18. The van der Waals surface area contributed by atoms with E-state index in [1.807, 2.05) is 0 Å². The summed E-state index contributed by atoms with van der Waals surface area (Å²) in [5.41, 5.74) is 0. The van der Waals surface area contributed by atoms with Crippen LogP contribution in [0.5, 0.6) is 0 Å². The van der Waals surface area contributed by atoms with E-state index >= 15 is 0 Å². The molecule has 2 atom stereocenters. The molecule has 0 aliphatic rings. The average Bonchev–Trinajstić information content (AvgIpc) is 1.98. The average molecular weight is 303 g/mol. The molecule has 0 fully saturated rings. The molecule has 10 nitrogen and oxygen atoms in total. The van der Waals surface area contributed by atoms with Gasteiger partial charge in [-0.25, -0.2) is 9.59 Å². The van der Waals surface area contributed by atoms with Crippen LogP contribution in [0.2, 0.25) is 0 Å². The standard InChI is InChI=1S/C4H6O6.Al.Mg.H4O4Si.5H/c5-1(3(7)8)2(6)4(9)10;;;1-5(2,3)4;;;;;/h1-2,5-6H,(H,7,8)(H,9,10);;;1-4H;;;;;. The highest BCUT2D eigenvalue weighted by atomic mass is 28.4. The molecule has 0 aromatic rings. The van der Waals surface area contributed by atoms with Crippen molar-refractivity contribution in [1.82, 2.24) is 0 Å².